The number of halogens is 3. The summed E-state index contributed by atoms with van der Waals surface area (Å²) in [7, 11) is 0. The molecule has 0 aromatic heterocycles. The molecule has 0 saturated carbocycles. The van der Waals surface area contributed by atoms with E-state index in [4.69, 9.17) is 62.3 Å². The summed E-state index contributed by atoms with van der Waals surface area (Å²) >= 11 is 0. The van der Waals surface area contributed by atoms with Crippen LogP contribution in [-0.2, 0) is 66.4 Å². The standard InChI is InChI=1S/C38H60F3NO14/c1-13-24-17(4)18(5)25(48-22(9)43)33(50-24)52-28-26(51-32-19(6)16(3)15(2)14-45-32)20(7)46-34(30(28)49-23(10)44)53-31-29-27(55-37(11,12)56-29)21(8)47-35(31)54-36(42)38(39,40)41/h15-21,24-35,42H,13-14H2,1-12H3/t15-,16+,17?,18+,19?,20?,21?,24?,25?,26+,27+,28+,29+,30?,31?,32+,33+,34+,35?/m1/s1. The lowest BCUT2D eigenvalue weighted by molar-refractivity contribution is -0.385. The maximum atomic E-state index is 13.7. The minimum Gasteiger partial charge on any atom is -0.457 e. The second-order valence-electron chi connectivity index (χ2n) is 16.4. The van der Waals surface area contributed by atoms with Gasteiger partial charge in [-0.2, -0.15) is 13.2 Å². The second kappa shape index (κ2) is 17.6. The zero-order valence-corrected chi connectivity index (χ0v) is 34.2. The van der Waals surface area contributed by atoms with E-state index < -0.39 is 110 Å². The fourth-order valence-electron chi connectivity index (χ4n) is 8.25. The molecule has 5 aliphatic rings. The number of esters is 2. The molecule has 5 heterocycles. The third-order valence-corrected chi connectivity index (χ3v) is 11.9. The summed E-state index contributed by atoms with van der Waals surface area (Å²) in [6, 6.07) is 0. The van der Waals surface area contributed by atoms with Gasteiger partial charge in [-0.1, -0.05) is 41.5 Å². The monoisotopic (exact) mass is 811 g/mol. The summed E-state index contributed by atoms with van der Waals surface area (Å²) in [5, 5.41) is 7.63. The molecule has 9 unspecified atom stereocenters. The molecule has 0 amide bonds. The number of carbonyl (C=O) groups is 2. The largest absolute Gasteiger partial charge is 0.467 e. The fraction of sp³-hybridized carbons (Fsp3) is 0.921. The van der Waals surface area contributed by atoms with Gasteiger partial charge in [0.25, 0.3) is 5.90 Å². The summed E-state index contributed by atoms with van der Waals surface area (Å²) in [6.07, 6.45) is -20.0. The van der Waals surface area contributed by atoms with Crippen LogP contribution in [0.4, 0.5) is 13.2 Å². The van der Waals surface area contributed by atoms with Crippen molar-refractivity contribution in [2.75, 3.05) is 6.61 Å². The highest BCUT2D eigenvalue weighted by molar-refractivity contribution is 5.78. The normalized spacial score (nSPS) is 45.4. The minimum atomic E-state index is -5.14. The van der Waals surface area contributed by atoms with Crippen molar-refractivity contribution in [1.82, 2.24) is 0 Å². The molecule has 5 saturated heterocycles. The molecule has 5 aliphatic heterocycles. The van der Waals surface area contributed by atoms with Crippen LogP contribution in [0.1, 0.15) is 89.5 Å². The van der Waals surface area contributed by atoms with E-state index in [-0.39, 0.29) is 35.7 Å². The minimum absolute atomic E-state index is 0.0305. The van der Waals surface area contributed by atoms with E-state index >= 15 is 0 Å². The molecule has 56 heavy (non-hydrogen) atoms. The van der Waals surface area contributed by atoms with Crippen molar-refractivity contribution < 1.29 is 79.6 Å². The smallest absolute Gasteiger partial charge is 0.457 e. The van der Waals surface area contributed by atoms with E-state index in [1.165, 1.54) is 13.8 Å². The van der Waals surface area contributed by atoms with Gasteiger partial charge in [0.15, 0.2) is 43.0 Å². The van der Waals surface area contributed by atoms with Crippen molar-refractivity contribution in [3.05, 3.63) is 0 Å². The lowest BCUT2D eigenvalue weighted by atomic mass is 9.82. The van der Waals surface area contributed by atoms with E-state index in [1.807, 2.05) is 27.7 Å². The number of ether oxygens (including phenoxy) is 12. The molecule has 15 nitrogen and oxygen atoms in total. The molecule has 19 atom stereocenters. The molecule has 5 fully saturated rings. The zero-order chi connectivity index (χ0) is 41.6. The highest BCUT2D eigenvalue weighted by Gasteiger charge is 2.60. The van der Waals surface area contributed by atoms with Crippen LogP contribution >= 0.6 is 0 Å². The second-order valence-corrected chi connectivity index (χ2v) is 16.4. The molecule has 322 valence electrons. The zero-order valence-electron chi connectivity index (χ0n) is 34.2. The molecule has 0 spiro atoms. The first-order chi connectivity index (χ1) is 26.0. The van der Waals surface area contributed by atoms with Crippen LogP contribution in [-0.4, -0.2) is 123 Å². The fourth-order valence-corrected chi connectivity index (χ4v) is 8.25. The molecule has 1 N–H and O–H groups in total. The molecule has 0 radical (unpaired) electrons. The van der Waals surface area contributed by atoms with Crippen molar-refractivity contribution in [3.63, 3.8) is 0 Å². The van der Waals surface area contributed by atoms with Crippen molar-refractivity contribution in [3.8, 4) is 0 Å². The van der Waals surface area contributed by atoms with Gasteiger partial charge in [-0.05, 0) is 51.9 Å². The van der Waals surface area contributed by atoms with Gasteiger partial charge in [0.1, 0.15) is 24.4 Å². The number of hydrogen-bond donors (Lipinski definition) is 1. The van der Waals surface area contributed by atoms with Gasteiger partial charge in [-0.3, -0.25) is 15.0 Å². The number of hydrogen-bond acceptors (Lipinski definition) is 15. The van der Waals surface area contributed by atoms with Crippen LogP contribution < -0.4 is 0 Å². The van der Waals surface area contributed by atoms with E-state index in [9.17, 15) is 22.8 Å². The van der Waals surface area contributed by atoms with Crippen LogP contribution in [0, 0.1) is 35.0 Å². The van der Waals surface area contributed by atoms with Crippen molar-refractivity contribution >= 4 is 17.8 Å². The summed E-state index contributed by atoms with van der Waals surface area (Å²) in [4.78, 5) is 25.4. The molecule has 0 aromatic carbocycles. The number of alkyl halides is 3. The Morgan fingerprint density at radius 2 is 1.21 bits per heavy atom. The molecule has 18 heteroatoms. The quantitative estimate of drug-likeness (QED) is 0.173. The molecular weight excluding hydrogens is 751 g/mol. The predicted octanol–water partition coefficient (Wildman–Crippen LogP) is 5.24. The molecule has 0 aromatic rings. The number of fused-ring (bicyclic) bond motifs is 1. The number of carbonyl (C=O) groups excluding carboxylic acids is 2. The third-order valence-electron chi connectivity index (χ3n) is 11.9. The Kier molecular flexibility index (Phi) is 14.1. The Bertz CT molecular complexity index is 1390. The first-order valence-electron chi connectivity index (χ1n) is 19.6. The maximum absolute atomic E-state index is 13.7. The van der Waals surface area contributed by atoms with E-state index in [1.54, 1.807) is 27.7 Å². The van der Waals surface area contributed by atoms with Gasteiger partial charge in [-0.15, -0.1) is 0 Å². The Balaban J connectivity index is 1.56. The van der Waals surface area contributed by atoms with E-state index in [2.05, 4.69) is 13.8 Å². The topological polar surface area (TPSA) is 169 Å². The Labute approximate surface area is 326 Å². The highest BCUT2D eigenvalue weighted by Crippen LogP contribution is 2.43. The summed E-state index contributed by atoms with van der Waals surface area (Å²) in [5.41, 5.74) is 0. The van der Waals surface area contributed by atoms with Gasteiger partial charge >= 0.3 is 18.1 Å². The predicted molar refractivity (Wildman–Crippen MR) is 188 cm³/mol. The van der Waals surface area contributed by atoms with Gasteiger partial charge in [0.05, 0.1) is 24.9 Å². The highest BCUT2D eigenvalue weighted by atomic mass is 19.4. The van der Waals surface area contributed by atoms with Crippen LogP contribution in [0.3, 0.4) is 0 Å². The average Bonchev–Trinajstić information content (AvgIpc) is 3.43. The van der Waals surface area contributed by atoms with E-state index in [0.29, 0.717) is 13.0 Å². The molecule has 0 bridgehead atoms. The summed E-state index contributed by atoms with van der Waals surface area (Å²) < 4.78 is 115. The summed E-state index contributed by atoms with van der Waals surface area (Å²) in [6.45, 7) is 21.5. The number of rotatable bonds is 10. The number of nitrogens with one attached hydrogen (secondary N) is 1. The van der Waals surface area contributed by atoms with Crippen molar-refractivity contribution in [2.45, 2.75) is 188 Å². The maximum Gasteiger partial charge on any atom is 0.467 e. The van der Waals surface area contributed by atoms with Crippen LogP contribution in [0.15, 0.2) is 0 Å². The van der Waals surface area contributed by atoms with Crippen molar-refractivity contribution in [2.24, 2.45) is 29.6 Å². The Morgan fingerprint density at radius 3 is 1.82 bits per heavy atom. The first kappa shape index (κ1) is 44.9. The molecule has 0 aliphatic carbocycles. The van der Waals surface area contributed by atoms with E-state index in [0.717, 1.165) is 0 Å². The van der Waals surface area contributed by atoms with Gasteiger partial charge in [-0.25, -0.2) is 0 Å². The summed E-state index contributed by atoms with van der Waals surface area (Å²) in [5.74, 6) is -4.44. The van der Waals surface area contributed by atoms with Gasteiger partial charge in [0.2, 0.25) is 6.29 Å². The third kappa shape index (κ3) is 9.82. The molecule has 5 rings (SSSR count). The van der Waals surface area contributed by atoms with Crippen LogP contribution in [0.2, 0.25) is 0 Å². The van der Waals surface area contributed by atoms with Crippen LogP contribution in [0.5, 0.6) is 0 Å². The average molecular weight is 812 g/mol. The SMILES string of the molecule is CCC1O[C@@H](O[C@@H]2C(OC(C)=O)[C@H](OC3C(OC(=N)C(F)(F)F)OC(C)[C@@H]4OC(C)(C)O[C@H]34)OC(C)[C@@H]2O[C@@H]2OC[C@@H](C)[C@H](C)C2C)C(OC(C)=O)[C@@H](C)C1C. The van der Waals surface area contributed by atoms with Gasteiger partial charge in [0, 0.05) is 25.7 Å². The lowest BCUT2D eigenvalue weighted by Crippen LogP contribution is -2.66. The Morgan fingerprint density at radius 1 is 0.661 bits per heavy atom. The Hall–Kier alpha value is -2.16. The van der Waals surface area contributed by atoms with Crippen molar-refractivity contribution in [1.29, 1.82) is 5.41 Å². The molecular formula is C38H60F3NO14. The lowest BCUT2D eigenvalue weighted by Gasteiger charge is -2.51. The first-order valence-corrected chi connectivity index (χ1v) is 19.6. The van der Waals surface area contributed by atoms with Crippen LogP contribution in [0.25, 0.3) is 0 Å². The van der Waals surface area contributed by atoms with Gasteiger partial charge < -0.3 is 56.8 Å².